The zero-order chi connectivity index (χ0) is 21.2. The van der Waals surface area contributed by atoms with Gasteiger partial charge in [-0.25, -0.2) is 4.79 Å². The van der Waals surface area contributed by atoms with Gasteiger partial charge in [0.25, 0.3) is 0 Å². The molecule has 3 rings (SSSR count). The number of aromatic nitrogens is 1. The van der Waals surface area contributed by atoms with Crippen LogP contribution in [0, 0.1) is 12.8 Å². The lowest BCUT2D eigenvalue weighted by atomic mass is 9.88. The number of fused-ring (bicyclic) bond motifs is 1. The average molecular weight is 397 g/mol. The number of carbonyl (C=O) groups excluding carboxylic acids is 1. The van der Waals surface area contributed by atoms with Crippen molar-refractivity contribution in [2.24, 2.45) is 11.7 Å². The zero-order valence-corrected chi connectivity index (χ0v) is 18.2. The van der Waals surface area contributed by atoms with Crippen molar-refractivity contribution in [3.05, 3.63) is 48.7 Å². The van der Waals surface area contributed by atoms with Crippen molar-refractivity contribution in [1.82, 2.24) is 9.88 Å². The molecule has 0 saturated carbocycles. The second-order valence-electron chi connectivity index (χ2n) is 7.77. The second-order valence-corrected chi connectivity index (χ2v) is 7.77. The molecule has 1 saturated heterocycles. The number of likely N-dealkylation sites (tertiary alicyclic amines) is 1. The number of nitrogens with zero attached hydrogens (tertiary/aromatic N) is 2. The van der Waals surface area contributed by atoms with E-state index < -0.39 is 0 Å². The fraction of sp³-hybridized carbons (Fsp3) is 0.500. The molecule has 5 nitrogen and oxygen atoms in total. The molecule has 3 N–H and O–H groups in total. The molecule has 29 heavy (non-hydrogen) atoms. The largest absolute Gasteiger partial charge is 0.327 e. The summed E-state index contributed by atoms with van der Waals surface area (Å²) in [7, 11) is 0. The molecule has 0 aliphatic carbocycles. The predicted molar refractivity (Wildman–Crippen MR) is 123 cm³/mol. The number of nitrogens with one attached hydrogen (secondary N) is 1. The van der Waals surface area contributed by atoms with Crippen molar-refractivity contribution in [1.29, 1.82) is 0 Å². The summed E-state index contributed by atoms with van der Waals surface area (Å²) in [5.74, 6) is 0.464. The molecule has 1 aromatic carbocycles. The molecule has 2 heterocycles. The Balaban J connectivity index is 0.000000687. The van der Waals surface area contributed by atoms with Crippen LogP contribution in [0.25, 0.3) is 10.9 Å². The van der Waals surface area contributed by atoms with Gasteiger partial charge in [-0.05, 0) is 44.2 Å². The first-order valence-corrected chi connectivity index (χ1v) is 10.8. The van der Waals surface area contributed by atoms with E-state index in [0.717, 1.165) is 54.6 Å². The van der Waals surface area contributed by atoms with Gasteiger partial charge in [0, 0.05) is 30.2 Å². The number of anilines is 1. The molecule has 2 aromatic rings. The van der Waals surface area contributed by atoms with E-state index in [9.17, 15) is 4.79 Å². The topological polar surface area (TPSA) is 71.2 Å². The highest BCUT2D eigenvalue weighted by molar-refractivity contribution is 6.00. The number of hydrogen-bond donors (Lipinski definition) is 2. The molecule has 0 radical (unpaired) electrons. The van der Waals surface area contributed by atoms with E-state index in [4.69, 9.17) is 5.73 Å². The fourth-order valence-electron chi connectivity index (χ4n) is 3.52. The van der Waals surface area contributed by atoms with Gasteiger partial charge in [-0.1, -0.05) is 51.0 Å². The molecular weight excluding hydrogens is 360 g/mol. The summed E-state index contributed by atoms with van der Waals surface area (Å²) in [5.41, 5.74) is 8.79. The van der Waals surface area contributed by atoms with Gasteiger partial charge in [0.15, 0.2) is 0 Å². The lowest BCUT2D eigenvalue weighted by molar-refractivity contribution is 0.174. The summed E-state index contributed by atoms with van der Waals surface area (Å²) in [6.45, 7) is 11.5. The Hall–Kier alpha value is -2.40. The van der Waals surface area contributed by atoms with Gasteiger partial charge < -0.3 is 16.0 Å². The Morgan fingerprint density at radius 3 is 2.59 bits per heavy atom. The van der Waals surface area contributed by atoms with Gasteiger partial charge in [0.05, 0.1) is 11.2 Å². The summed E-state index contributed by atoms with van der Waals surface area (Å²) < 4.78 is 0. The molecular formula is C24H36N4O. The number of amides is 2. The molecule has 158 valence electrons. The van der Waals surface area contributed by atoms with Crippen molar-refractivity contribution < 1.29 is 4.79 Å². The number of hydrogen-bond acceptors (Lipinski definition) is 3. The van der Waals surface area contributed by atoms with Crippen LogP contribution >= 0.6 is 0 Å². The number of para-hydroxylation sites is 1. The molecule has 1 aliphatic rings. The summed E-state index contributed by atoms with van der Waals surface area (Å²) in [4.78, 5) is 19.1. The van der Waals surface area contributed by atoms with Crippen molar-refractivity contribution in [2.75, 3.05) is 18.4 Å². The average Bonchev–Trinajstić information content (AvgIpc) is 2.74. The van der Waals surface area contributed by atoms with E-state index in [2.05, 4.69) is 30.7 Å². The second kappa shape index (κ2) is 11.6. The van der Waals surface area contributed by atoms with Crippen LogP contribution in [0.15, 0.2) is 43.0 Å². The van der Waals surface area contributed by atoms with Gasteiger partial charge in [-0.2, -0.15) is 0 Å². The van der Waals surface area contributed by atoms with Gasteiger partial charge in [-0.3, -0.25) is 4.98 Å². The minimum absolute atomic E-state index is 0.0495. The van der Waals surface area contributed by atoms with E-state index in [-0.39, 0.29) is 12.1 Å². The fourth-order valence-corrected chi connectivity index (χ4v) is 3.52. The Morgan fingerprint density at radius 2 is 1.97 bits per heavy atom. The summed E-state index contributed by atoms with van der Waals surface area (Å²) in [6.07, 6.45) is 7.23. The van der Waals surface area contributed by atoms with Crippen molar-refractivity contribution in [3.8, 4) is 0 Å². The van der Waals surface area contributed by atoms with Crippen LogP contribution in [0.1, 0.15) is 51.6 Å². The Bertz CT molecular complexity index is 795. The highest BCUT2D eigenvalue weighted by atomic mass is 16.2. The van der Waals surface area contributed by atoms with Crippen LogP contribution in [0.5, 0.6) is 0 Å². The Kier molecular flexibility index (Phi) is 9.13. The summed E-state index contributed by atoms with van der Waals surface area (Å²) in [5, 5.41) is 4.03. The lowest BCUT2D eigenvalue weighted by Gasteiger charge is -2.34. The van der Waals surface area contributed by atoms with Crippen LogP contribution in [-0.2, 0) is 0 Å². The molecule has 0 spiro atoms. The van der Waals surface area contributed by atoms with Gasteiger partial charge in [0.1, 0.15) is 0 Å². The number of aryl methyl sites for hydroxylation is 1. The molecule has 1 unspecified atom stereocenters. The monoisotopic (exact) mass is 396 g/mol. The van der Waals surface area contributed by atoms with Gasteiger partial charge in [0.2, 0.25) is 0 Å². The highest BCUT2D eigenvalue weighted by Crippen LogP contribution is 2.25. The van der Waals surface area contributed by atoms with E-state index in [1.54, 1.807) is 0 Å². The summed E-state index contributed by atoms with van der Waals surface area (Å²) in [6, 6.07) is 9.88. The van der Waals surface area contributed by atoms with E-state index in [0.29, 0.717) is 5.92 Å². The standard InChI is InChI=1S/C20H26N4O.C4H10/c1-3-6-17(21)15-9-11-24(12-10-15)20(25)23-19-13-14(2)22-18-8-5-4-7-16(18)19;1-3-4-2/h3-5,7-8,13,15,17H,1,6,9-12,21H2,2H3,(H,22,23,25);3-4H2,1-2H3. The van der Waals surface area contributed by atoms with Crippen molar-refractivity contribution in [3.63, 3.8) is 0 Å². The van der Waals surface area contributed by atoms with Crippen LogP contribution in [0.4, 0.5) is 10.5 Å². The molecule has 1 aliphatic heterocycles. The maximum absolute atomic E-state index is 12.7. The first-order chi connectivity index (χ1) is 14.0. The van der Waals surface area contributed by atoms with E-state index >= 15 is 0 Å². The molecule has 2 amide bonds. The summed E-state index contributed by atoms with van der Waals surface area (Å²) >= 11 is 0. The number of unbranched alkanes of at least 4 members (excludes halogenated alkanes) is 1. The van der Waals surface area contributed by atoms with Crippen molar-refractivity contribution >= 4 is 22.6 Å². The third kappa shape index (κ3) is 6.57. The van der Waals surface area contributed by atoms with Crippen LogP contribution in [-0.4, -0.2) is 35.0 Å². The SMILES string of the molecule is C=CCC(N)C1CCN(C(=O)Nc2cc(C)nc3ccccc23)CC1.CCCC. The first kappa shape index (κ1) is 22.9. The smallest absolute Gasteiger partial charge is 0.321 e. The third-order valence-electron chi connectivity index (χ3n) is 5.46. The maximum atomic E-state index is 12.7. The molecule has 1 atom stereocenters. The minimum Gasteiger partial charge on any atom is -0.327 e. The number of benzene rings is 1. The number of pyridine rings is 1. The number of urea groups is 1. The maximum Gasteiger partial charge on any atom is 0.321 e. The van der Waals surface area contributed by atoms with Gasteiger partial charge >= 0.3 is 6.03 Å². The van der Waals surface area contributed by atoms with Crippen molar-refractivity contribution in [2.45, 2.75) is 58.9 Å². The Labute approximate surface area is 175 Å². The van der Waals surface area contributed by atoms with Gasteiger partial charge in [-0.15, -0.1) is 6.58 Å². The minimum atomic E-state index is -0.0495. The van der Waals surface area contributed by atoms with Crippen LogP contribution in [0.3, 0.4) is 0 Å². The molecule has 0 bridgehead atoms. The lowest BCUT2D eigenvalue weighted by Crippen LogP contribution is -2.44. The van der Waals surface area contributed by atoms with Crippen LogP contribution < -0.4 is 11.1 Å². The number of rotatable bonds is 5. The predicted octanol–water partition coefficient (Wildman–Crippen LogP) is 5.50. The molecule has 1 fully saturated rings. The molecule has 1 aromatic heterocycles. The number of piperidine rings is 1. The first-order valence-electron chi connectivity index (χ1n) is 10.8. The zero-order valence-electron chi connectivity index (χ0n) is 18.2. The normalized spacial score (nSPS) is 15.4. The van der Waals surface area contributed by atoms with E-state index in [1.165, 1.54) is 12.8 Å². The molecule has 5 heteroatoms. The third-order valence-corrected chi connectivity index (χ3v) is 5.46. The number of nitrogens with two attached hydrogens (primary N) is 1. The quantitative estimate of drug-likeness (QED) is 0.656. The number of carbonyl (C=O) groups is 1. The van der Waals surface area contributed by atoms with E-state index in [1.807, 2.05) is 48.2 Å². The Morgan fingerprint density at radius 1 is 1.31 bits per heavy atom. The van der Waals surface area contributed by atoms with Crippen LogP contribution in [0.2, 0.25) is 0 Å². The highest BCUT2D eigenvalue weighted by Gasteiger charge is 2.26.